The monoisotopic (exact) mass is 234 g/mol. The van der Waals surface area contributed by atoms with Crippen LogP contribution in [0.25, 0.3) is 10.9 Å². The lowest BCUT2D eigenvalue weighted by atomic mass is 10.1. The highest BCUT2D eigenvalue weighted by atomic mass is 16.4. The van der Waals surface area contributed by atoms with Crippen LogP contribution < -0.4 is 5.56 Å². The van der Waals surface area contributed by atoms with E-state index in [4.69, 9.17) is 5.11 Å². The Balaban J connectivity index is 2.84. The third-order valence-corrected chi connectivity index (χ3v) is 2.84. The largest absolute Gasteiger partial charge is 0.478 e. The Hall–Kier alpha value is -2.04. The number of nitrogens with zero attached hydrogens (tertiary/aromatic N) is 2. The van der Waals surface area contributed by atoms with Crippen molar-refractivity contribution < 1.29 is 9.90 Å². The minimum Gasteiger partial charge on any atom is -0.478 e. The molecule has 0 amide bonds. The first-order chi connectivity index (χ1) is 7.93. The second-order valence-electron chi connectivity index (χ2n) is 4.30. The molecule has 0 aliphatic carbocycles. The highest BCUT2D eigenvalue weighted by Crippen LogP contribution is 2.15. The summed E-state index contributed by atoms with van der Waals surface area (Å²) in [6.45, 7) is 3.83. The van der Waals surface area contributed by atoms with Crippen molar-refractivity contribution in [2.75, 3.05) is 0 Å². The zero-order valence-electron chi connectivity index (χ0n) is 9.97. The summed E-state index contributed by atoms with van der Waals surface area (Å²) in [6.07, 6.45) is 0. The smallest absolute Gasteiger partial charge is 0.335 e. The van der Waals surface area contributed by atoms with Crippen LogP contribution in [0, 0.1) is 0 Å². The summed E-state index contributed by atoms with van der Waals surface area (Å²) in [6, 6.07) is 4.64. The van der Waals surface area contributed by atoms with Gasteiger partial charge in [0, 0.05) is 13.1 Å². The van der Waals surface area contributed by atoms with Gasteiger partial charge in [0.15, 0.2) is 0 Å². The molecule has 0 spiro atoms. The van der Waals surface area contributed by atoms with E-state index >= 15 is 0 Å². The second-order valence-corrected chi connectivity index (χ2v) is 4.30. The van der Waals surface area contributed by atoms with Crippen molar-refractivity contribution in [1.82, 2.24) is 9.36 Å². The predicted molar refractivity (Wildman–Crippen MR) is 64.5 cm³/mol. The summed E-state index contributed by atoms with van der Waals surface area (Å²) < 4.78 is 3.37. The summed E-state index contributed by atoms with van der Waals surface area (Å²) in [7, 11) is 1.80. The van der Waals surface area contributed by atoms with Crippen LogP contribution in [0.2, 0.25) is 0 Å². The van der Waals surface area contributed by atoms with Gasteiger partial charge in [0.2, 0.25) is 0 Å². The van der Waals surface area contributed by atoms with Gasteiger partial charge >= 0.3 is 5.97 Å². The number of rotatable bonds is 2. The molecule has 17 heavy (non-hydrogen) atoms. The molecule has 90 valence electrons. The van der Waals surface area contributed by atoms with Crippen molar-refractivity contribution in [3.05, 3.63) is 34.1 Å². The van der Waals surface area contributed by atoms with E-state index < -0.39 is 5.97 Å². The van der Waals surface area contributed by atoms with E-state index in [1.54, 1.807) is 22.5 Å². The van der Waals surface area contributed by atoms with E-state index in [0.717, 1.165) is 5.52 Å². The molecule has 0 aliphatic heterocycles. The van der Waals surface area contributed by atoms with E-state index in [1.807, 2.05) is 13.8 Å². The summed E-state index contributed by atoms with van der Waals surface area (Å²) >= 11 is 0. The first-order valence-corrected chi connectivity index (χ1v) is 5.38. The lowest BCUT2D eigenvalue weighted by molar-refractivity contribution is 0.0697. The fourth-order valence-corrected chi connectivity index (χ4v) is 2.08. The third kappa shape index (κ3) is 1.63. The quantitative estimate of drug-likeness (QED) is 0.858. The van der Waals surface area contributed by atoms with E-state index in [-0.39, 0.29) is 17.2 Å². The molecule has 0 saturated heterocycles. The van der Waals surface area contributed by atoms with Crippen molar-refractivity contribution >= 4 is 16.9 Å². The van der Waals surface area contributed by atoms with Crippen molar-refractivity contribution in [3.63, 3.8) is 0 Å². The van der Waals surface area contributed by atoms with Gasteiger partial charge in [0.1, 0.15) is 0 Å². The van der Waals surface area contributed by atoms with Crippen LogP contribution in [-0.2, 0) is 7.05 Å². The number of hydrogen-bond donors (Lipinski definition) is 1. The SMILES string of the molecule is CC(C)n1c(=O)c2cc(C(=O)O)ccc2n1C. The summed E-state index contributed by atoms with van der Waals surface area (Å²) in [5, 5.41) is 9.35. The number of aromatic nitrogens is 2. The molecule has 1 aromatic carbocycles. The molecule has 5 heteroatoms. The average Bonchev–Trinajstić information content (AvgIpc) is 2.51. The highest BCUT2D eigenvalue weighted by Gasteiger charge is 2.14. The molecule has 0 radical (unpaired) electrons. The standard InChI is InChI=1S/C12H14N2O3/c1-7(2)14-11(15)9-6-8(12(16)17)4-5-10(9)13(14)3/h4-7H,1-3H3,(H,16,17). The van der Waals surface area contributed by atoms with E-state index in [1.165, 1.54) is 12.1 Å². The van der Waals surface area contributed by atoms with Gasteiger partial charge in [0.05, 0.1) is 16.5 Å². The Morgan fingerprint density at radius 2 is 2.00 bits per heavy atom. The normalized spacial score (nSPS) is 11.3. The number of carboxylic acids is 1. The van der Waals surface area contributed by atoms with Gasteiger partial charge < -0.3 is 5.11 Å². The summed E-state index contributed by atoms with van der Waals surface area (Å²) in [5.74, 6) is -1.02. The first kappa shape index (κ1) is 11.4. The molecule has 0 aliphatic rings. The molecule has 0 bridgehead atoms. The van der Waals surface area contributed by atoms with Crippen LogP contribution >= 0.6 is 0 Å². The number of aryl methyl sites for hydroxylation is 1. The van der Waals surface area contributed by atoms with Crippen LogP contribution in [0.1, 0.15) is 30.2 Å². The molecule has 1 heterocycles. The number of aromatic carboxylic acids is 1. The first-order valence-electron chi connectivity index (χ1n) is 5.38. The van der Waals surface area contributed by atoms with Gasteiger partial charge in [0.25, 0.3) is 5.56 Å². The highest BCUT2D eigenvalue weighted by molar-refractivity contribution is 5.93. The number of hydrogen-bond acceptors (Lipinski definition) is 2. The zero-order chi connectivity index (χ0) is 12.7. The van der Waals surface area contributed by atoms with Crippen LogP contribution in [-0.4, -0.2) is 20.4 Å². The molecular weight excluding hydrogens is 220 g/mol. The maximum Gasteiger partial charge on any atom is 0.335 e. The van der Waals surface area contributed by atoms with Crippen LogP contribution in [0.5, 0.6) is 0 Å². The van der Waals surface area contributed by atoms with Crippen molar-refractivity contribution in [1.29, 1.82) is 0 Å². The van der Waals surface area contributed by atoms with Crippen LogP contribution in [0.4, 0.5) is 0 Å². The second kappa shape index (κ2) is 3.76. The molecular formula is C12H14N2O3. The topological polar surface area (TPSA) is 64.2 Å². The summed E-state index contributed by atoms with van der Waals surface area (Å²) in [4.78, 5) is 23.0. The minimum atomic E-state index is -1.02. The van der Waals surface area contributed by atoms with Crippen molar-refractivity contribution in [2.24, 2.45) is 7.05 Å². The fraction of sp³-hybridized carbons (Fsp3) is 0.333. The Morgan fingerprint density at radius 3 is 2.53 bits per heavy atom. The maximum absolute atomic E-state index is 12.1. The Morgan fingerprint density at radius 1 is 1.35 bits per heavy atom. The van der Waals surface area contributed by atoms with Crippen LogP contribution in [0.3, 0.4) is 0 Å². The van der Waals surface area contributed by atoms with Gasteiger partial charge in [-0.15, -0.1) is 0 Å². The van der Waals surface area contributed by atoms with Crippen LogP contribution in [0.15, 0.2) is 23.0 Å². The lowest BCUT2D eigenvalue weighted by Gasteiger charge is -2.10. The number of fused-ring (bicyclic) bond motifs is 1. The van der Waals surface area contributed by atoms with Gasteiger partial charge in [-0.2, -0.15) is 0 Å². The molecule has 2 rings (SSSR count). The number of carbonyl (C=O) groups is 1. The molecule has 0 unspecified atom stereocenters. The number of carboxylic acid groups (broad SMARTS) is 1. The predicted octanol–water partition coefficient (Wildman–Crippen LogP) is 1.62. The number of benzene rings is 1. The van der Waals surface area contributed by atoms with E-state index in [0.29, 0.717) is 5.39 Å². The molecule has 1 N–H and O–H groups in total. The van der Waals surface area contributed by atoms with Crippen molar-refractivity contribution in [2.45, 2.75) is 19.9 Å². The van der Waals surface area contributed by atoms with E-state index in [9.17, 15) is 9.59 Å². The molecule has 5 nitrogen and oxygen atoms in total. The maximum atomic E-state index is 12.1. The van der Waals surface area contributed by atoms with Gasteiger partial charge in [-0.3, -0.25) is 9.48 Å². The molecule has 1 aromatic heterocycles. The molecule has 2 aromatic rings. The molecule has 0 atom stereocenters. The fourth-order valence-electron chi connectivity index (χ4n) is 2.08. The van der Waals surface area contributed by atoms with Crippen molar-refractivity contribution in [3.8, 4) is 0 Å². The third-order valence-electron chi connectivity index (χ3n) is 2.84. The van der Waals surface area contributed by atoms with E-state index in [2.05, 4.69) is 0 Å². The Bertz CT molecular complexity index is 650. The van der Waals surface area contributed by atoms with Gasteiger partial charge in [-0.05, 0) is 32.0 Å². The Kier molecular flexibility index (Phi) is 2.53. The molecule has 0 fully saturated rings. The lowest BCUT2D eigenvalue weighted by Crippen LogP contribution is -2.23. The van der Waals surface area contributed by atoms with Gasteiger partial charge in [-0.1, -0.05) is 0 Å². The minimum absolute atomic E-state index is 0.0354. The van der Waals surface area contributed by atoms with Gasteiger partial charge in [-0.25, -0.2) is 9.48 Å². The zero-order valence-corrected chi connectivity index (χ0v) is 9.97. The summed E-state index contributed by atoms with van der Waals surface area (Å²) in [5.41, 5.74) is 0.727. The average molecular weight is 234 g/mol. The Labute approximate surface area is 97.9 Å². The molecule has 0 saturated carbocycles.